The average Bonchev–Trinajstić information content (AvgIpc) is 3.70. The zero-order chi connectivity index (χ0) is 38.6. The zero-order valence-corrected chi connectivity index (χ0v) is 33.8. The molecule has 56 heavy (non-hydrogen) atoms. The minimum Gasteiger partial charge on any atom is -0.135 e. The van der Waals surface area contributed by atoms with E-state index in [-0.39, 0.29) is 5.41 Å². The first-order chi connectivity index (χ1) is 27.2. The third-order valence-corrected chi connectivity index (χ3v) is 13.4. The molecule has 0 radical (unpaired) electrons. The van der Waals surface area contributed by atoms with Gasteiger partial charge in [0.15, 0.2) is 0 Å². The van der Waals surface area contributed by atoms with E-state index in [4.69, 9.17) is 0 Å². The number of hydrogen-bond acceptors (Lipinski definition) is 1. The summed E-state index contributed by atoms with van der Waals surface area (Å²) in [6, 6.07) is 36.1. The van der Waals surface area contributed by atoms with Gasteiger partial charge in [-0.15, -0.1) is 11.3 Å². The van der Waals surface area contributed by atoms with Gasteiger partial charge in [-0.25, -0.2) is 0 Å². The van der Waals surface area contributed by atoms with E-state index in [2.05, 4.69) is 187 Å². The highest BCUT2D eigenvalue weighted by molar-refractivity contribution is 7.25. The second-order valence-corrected chi connectivity index (χ2v) is 17.3. The molecule has 0 aliphatic heterocycles. The van der Waals surface area contributed by atoms with Gasteiger partial charge in [-0.3, -0.25) is 0 Å². The van der Waals surface area contributed by atoms with Crippen LogP contribution in [0.5, 0.6) is 0 Å². The molecule has 0 saturated heterocycles. The molecular formula is C55H48S. The summed E-state index contributed by atoms with van der Waals surface area (Å²) in [6.45, 7) is 18.3. The average molecular weight is 741 g/mol. The Morgan fingerprint density at radius 2 is 1.34 bits per heavy atom. The Balaban J connectivity index is 0.996. The molecule has 2 aliphatic carbocycles. The Hall–Kier alpha value is -5.76. The Labute approximate surface area is 335 Å². The van der Waals surface area contributed by atoms with Crippen molar-refractivity contribution in [1.82, 2.24) is 0 Å². The Kier molecular flexibility index (Phi) is 9.23. The SMILES string of the molecule is C=C(/C=C\C(=C)c1c2ccccc2c(/C(C)=C/C=C2/C=CCCC2)c2ccccc12)/C(C)=C/C=C1\Cc2cc3cc4c(cc3cc2C1(C)C)sc1ccccc14. The van der Waals surface area contributed by atoms with Gasteiger partial charge >= 0.3 is 0 Å². The van der Waals surface area contributed by atoms with Crippen LogP contribution >= 0.6 is 11.3 Å². The summed E-state index contributed by atoms with van der Waals surface area (Å²) in [5, 5.41) is 10.3. The topological polar surface area (TPSA) is 0 Å². The van der Waals surface area contributed by atoms with Crippen LogP contribution in [0.2, 0.25) is 0 Å². The number of allylic oxidation sites excluding steroid dienone is 14. The van der Waals surface area contributed by atoms with Crippen molar-refractivity contribution in [1.29, 1.82) is 0 Å². The van der Waals surface area contributed by atoms with E-state index >= 15 is 0 Å². The van der Waals surface area contributed by atoms with Crippen molar-refractivity contribution in [3.05, 3.63) is 203 Å². The molecule has 1 aromatic heterocycles. The van der Waals surface area contributed by atoms with Gasteiger partial charge in [0.05, 0.1) is 0 Å². The van der Waals surface area contributed by atoms with E-state index in [9.17, 15) is 0 Å². The van der Waals surface area contributed by atoms with Crippen LogP contribution in [-0.4, -0.2) is 0 Å². The van der Waals surface area contributed by atoms with Crippen molar-refractivity contribution in [3.8, 4) is 0 Å². The quantitative estimate of drug-likeness (QED) is 0.113. The molecule has 0 unspecified atom stereocenters. The van der Waals surface area contributed by atoms with Gasteiger partial charge in [0.1, 0.15) is 0 Å². The molecule has 7 aromatic rings. The lowest BCUT2D eigenvalue weighted by Gasteiger charge is -2.22. The first-order valence-electron chi connectivity index (χ1n) is 20.0. The Morgan fingerprint density at radius 1 is 0.679 bits per heavy atom. The molecular weight excluding hydrogens is 693 g/mol. The largest absolute Gasteiger partial charge is 0.135 e. The zero-order valence-electron chi connectivity index (χ0n) is 33.0. The van der Waals surface area contributed by atoms with Crippen molar-refractivity contribution in [2.75, 3.05) is 0 Å². The van der Waals surface area contributed by atoms with Gasteiger partial charge in [0.2, 0.25) is 0 Å². The monoisotopic (exact) mass is 740 g/mol. The molecule has 0 N–H and O–H groups in total. The predicted octanol–water partition coefficient (Wildman–Crippen LogP) is 16.1. The first kappa shape index (κ1) is 35.9. The fraction of sp³-hybridized carbons (Fsp3) is 0.164. The summed E-state index contributed by atoms with van der Waals surface area (Å²) in [5.74, 6) is 0. The standard InChI is InChI=1S/C55H48S/c1-35(36(2)27-29-43-31-42-30-40-32-49-44-18-14-15-23-51(44)56-52(49)34-41(40)33-50(42)55(43,5)6)24-25-37(3)53-45-19-10-12-21-47(45)54(48-22-13-11-20-46(48)53)38(4)26-28-39-16-8-7-9-17-39/h8,10-16,18-30,32-34H,1,3,7,9,17,31H2,2,4-6H3/b25-24-,36-27+,38-26+,39-28-,43-29+. The lowest BCUT2D eigenvalue weighted by atomic mass is 9.82. The maximum Gasteiger partial charge on any atom is 0.0361 e. The molecule has 6 aromatic carbocycles. The van der Waals surface area contributed by atoms with Gasteiger partial charge in [0, 0.05) is 25.6 Å². The molecule has 0 fully saturated rings. The molecule has 1 heteroatoms. The van der Waals surface area contributed by atoms with Gasteiger partial charge in [-0.2, -0.15) is 0 Å². The first-order valence-corrected chi connectivity index (χ1v) is 20.8. The van der Waals surface area contributed by atoms with Crippen molar-refractivity contribution in [3.63, 3.8) is 0 Å². The van der Waals surface area contributed by atoms with Crippen LogP contribution in [0, 0.1) is 0 Å². The van der Waals surface area contributed by atoms with E-state index in [0.29, 0.717) is 0 Å². The minimum atomic E-state index is -0.0491. The van der Waals surface area contributed by atoms with Crippen LogP contribution in [-0.2, 0) is 11.8 Å². The van der Waals surface area contributed by atoms with Crippen molar-refractivity contribution >= 4 is 75.0 Å². The maximum atomic E-state index is 4.64. The molecule has 9 rings (SSSR count). The fourth-order valence-corrected chi connectivity index (χ4v) is 10.1. The lowest BCUT2D eigenvalue weighted by molar-refractivity contribution is 0.645. The fourth-order valence-electron chi connectivity index (χ4n) is 9.01. The molecule has 0 amide bonds. The van der Waals surface area contributed by atoms with Crippen molar-refractivity contribution in [2.45, 2.75) is 58.8 Å². The highest BCUT2D eigenvalue weighted by Crippen LogP contribution is 2.46. The van der Waals surface area contributed by atoms with E-state index < -0.39 is 0 Å². The lowest BCUT2D eigenvalue weighted by Crippen LogP contribution is -2.15. The summed E-state index contributed by atoms with van der Waals surface area (Å²) in [7, 11) is 0. The van der Waals surface area contributed by atoms with Crippen LogP contribution in [0.3, 0.4) is 0 Å². The number of hydrogen-bond donors (Lipinski definition) is 0. The molecule has 274 valence electrons. The minimum absolute atomic E-state index is 0.0491. The summed E-state index contributed by atoms with van der Waals surface area (Å²) >= 11 is 1.89. The van der Waals surface area contributed by atoms with Gasteiger partial charge in [0.25, 0.3) is 0 Å². The van der Waals surface area contributed by atoms with Gasteiger partial charge in [-0.1, -0.05) is 154 Å². The van der Waals surface area contributed by atoms with Crippen LogP contribution in [0.15, 0.2) is 181 Å². The maximum absolute atomic E-state index is 4.64. The van der Waals surface area contributed by atoms with Gasteiger partial charge in [-0.05, 0) is 146 Å². The van der Waals surface area contributed by atoms with Crippen LogP contribution in [0.4, 0.5) is 0 Å². The van der Waals surface area contributed by atoms with E-state index in [1.807, 2.05) is 11.3 Å². The molecule has 0 nitrogen and oxygen atoms in total. The molecule has 1 heterocycles. The Morgan fingerprint density at radius 3 is 2.04 bits per heavy atom. The summed E-state index contributed by atoms with van der Waals surface area (Å²) in [6.07, 6.45) is 22.6. The Bertz CT molecular complexity index is 2920. The molecule has 2 aliphatic rings. The summed E-state index contributed by atoms with van der Waals surface area (Å²) < 4.78 is 2.72. The summed E-state index contributed by atoms with van der Waals surface area (Å²) in [4.78, 5) is 0. The van der Waals surface area contributed by atoms with E-state index in [0.717, 1.165) is 29.6 Å². The number of thiophene rings is 1. The third kappa shape index (κ3) is 6.35. The summed E-state index contributed by atoms with van der Waals surface area (Å²) in [5.41, 5.74) is 12.5. The smallest absolute Gasteiger partial charge is 0.0361 e. The molecule has 0 saturated carbocycles. The third-order valence-electron chi connectivity index (χ3n) is 12.3. The van der Waals surface area contributed by atoms with E-state index in [1.165, 1.54) is 104 Å². The highest BCUT2D eigenvalue weighted by Gasteiger charge is 2.34. The van der Waals surface area contributed by atoms with Crippen molar-refractivity contribution < 1.29 is 0 Å². The molecule has 0 bridgehead atoms. The molecule has 0 spiro atoms. The van der Waals surface area contributed by atoms with Gasteiger partial charge < -0.3 is 0 Å². The molecule has 0 atom stereocenters. The van der Waals surface area contributed by atoms with E-state index in [1.54, 1.807) is 0 Å². The number of benzene rings is 6. The highest BCUT2D eigenvalue weighted by atomic mass is 32.1. The predicted molar refractivity (Wildman–Crippen MR) is 249 cm³/mol. The van der Waals surface area contributed by atoms with Crippen LogP contribution in [0.1, 0.15) is 69.2 Å². The van der Waals surface area contributed by atoms with Crippen LogP contribution < -0.4 is 0 Å². The van der Waals surface area contributed by atoms with Crippen LogP contribution in [0.25, 0.3) is 63.6 Å². The second-order valence-electron chi connectivity index (χ2n) is 16.3. The number of rotatable bonds is 7. The second kappa shape index (κ2) is 14.4. The normalized spacial score (nSPS) is 17.4. The number of fused-ring (bicyclic) bond motifs is 7. The van der Waals surface area contributed by atoms with Crippen molar-refractivity contribution in [2.24, 2.45) is 0 Å².